The second-order valence-electron chi connectivity index (χ2n) is 7.52. The first kappa shape index (κ1) is 21.7. The van der Waals surface area contributed by atoms with Gasteiger partial charge in [0.25, 0.3) is 0 Å². The number of nitrogens with one attached hydrogen (secondary N) is 1. The fraction of sp³-hybridized carbons (Fsp3) is 0.115. The van der Waals surface area contributed by atoms with Gasteiger partial charge in [0.1, 0.15) is 11.1 Å². The molecule has 6 heteroatoms. The molecule has 1 amide bonds. The first-order valence-electron chi connectivity index (χ1n) is 10.2. The highest BCUT2D eigenvalue weighted by atomic mass is 32.2. The highest BCUT2D eigenvalue weighted by Gasteiger charge is 2.29. The van der Waals surface area contributed by atoms with Crippen LogP contribution < -0.4 is 5.32 Å². The predicted molar refractivity (Wildman–Crippen MR) is 123 cm³/mol. The smallest absolute Gasteiger partial charge is 0.224 e. The van der Waals surface area contributed by atoms with Gasteiger partial charge in [0.2, 0.25) is 5.91 Å². The summed E-state index contributed by atoms with van der Waals surface area (Å²) in [5, 5.41) is 3.82. The fourth-order valence-electron chi connectivity index (χ4n) is 3.75. The highest BCUT2D eigenvalue weighted by molar-refractivity contribution is 7.91. The van der Waals surface area contributed by atoms with E-state index in [9.17, 15) is 17.6 Å². The Morgan fingerprint density at radius 3 is 2.22 bits per heavy atom. The minimum Gasteiger partial charge on any atom is -0.354 e. The molecule has 0 aliphatic rings. The number of fused-ring (bicyclic) bond motifs is 1. The number of halogens is 1. The lowest BCUT2D eigenvalue weighted by Gasteiger charge is -2.19. The van der Waals surface area contributed by atoms with Gasteiger partial charge in [-0.1, -0.05) is 72.8 Å². The number of carbonyl (C=O) groups excluding carboxylic acids is 1. The Labute approximate surface area is 186 Å². The van der Waals surface area contributed by atoms with Crippen LogP contribution in [0.3, 0.4) is 0 Å². The first-order chi connectivity index (χ1) is 15.4. The molecule has 4 aromatic rings. The molecule has 0 aromatic heterocycles. The van der Waals surface area contributed by atoms with Gasteiger partial charge in [-0.15, -0.1) is 0 Å². The van der Waals surface area contributed by atoms with Crippen LogP contribution in [0.15, 0.2) is 102 Å². The maximum absolute atomic E-state index is 13.3. The zero-order valence-electron chi connectivity index (χ0n) is 17.2. The molecule has 4 nitrogen and oxygen atoms in total. The molecule has 4 aromatic carbocycles. The van der Waals surface area contributed by atoms with Crippen molar-refractivity contribution in [1.82, 2.24) is 5.32 Å². The maximum Gasteiger partial charge on any atom is 0.224 e. The lowest BCUT2D eigenvalue weighted by molar-refractivity contribution is -0.120. The van der Waals surface area contributed by atoms with Crippen LogP contribution in [0.4, 0.5) is 4.39 Å². The van der Waals surface area contributed by atoms with Crippen molar-refractivity contribution < 1.29 is 17.6 Å². The summed E-state index contributed by atoms with van der Waals surface area (Å²) in [6, 6.07) is 27.0. The SMILES string of the molecule is O=C(Cc1cccc2ccccc12)NCC(c1ccccc1)S(=O)(=O)c1ccc(F)cc1. The van der Waals surface area contributed by atoms with Crippen molar-refractivity contribution in [2.24, 2.45) is 0 Å². The fourth-order valence-corrected chi connectivity index (χ4v) is 5.41. The number of hydrogen-bond donors (Lipinski definition) is 1. The van der Waals surface area contributed by atoms with E-state index in [4.69, 9.17) is 0 Å². The van der Waals surface area contributed by atoms with Gasteiger partial charge in [0.15, 0.2) is 9.84 Å². The van der Waals surface area contributed by atoms with Gasteiger partial charge >= 0.3 is 0 Å². The molecular formula is C26H22FNO3S. The van der Waals surface area contributed by atoms with E-state index in [2.05, 4.69) is 5.32 Å². The van der Waals surface area contributed by atoms with Gasteiger partial charge in [0, 0.05) is 6.54 Å². The molecule has 0 fully saturated rings. The third-order valence-corrected chi connectivity index (χ3v) is 7.52. The van der Waals surface area contributed by atoms with Gasteiger partial charge in [-0.3, -0.25) is 4.79 Å². The molecular weight excluding hydrogens is 425 g/mol. The molecule has 32 heavy (non-hydrogen) atoms. The van der Waals surface area contributed by atoms with E-state index in [-0.39, 0.29) is 23.8 Å². The summed E-state index contributed by atoms with van der Waals surface area (Å²) in [5.41, 5.74) is 1.43. The number of hydrogen-bond acceptors (Lipinski definition) is 3. The Morgan fingerprint density at radius 1 is 0.812 bits per heavy atom. The van der Waals surface area contributed by atoms with E-state index in [1.54, 1.807) is 30.3 Å². The van der Waals surface area contributed by atoms with E-state index < -0.39 is 20.9 Å². The summed E-state index contributed by atoms with van der Waals surface area (Å²) in [6.07, 6.45) is 0.138. The van der Waals surface area contributed by atoms with Crippen LogP contribution in [0.2, 0.25) is 0 Å². The van der Waals surface area contributed by atoms with E-state index in [1.807, 2.05) is 42.5 Å². The Morgan fingerprint density at radius 2 is 1.47 bits per heavy atom. The summed E-state index contributed by atoms with van der Waals surface area (Å²) in [7, 11) is -3.86. The van der Waals surface area contributed by atoms with Gasteiger partial charge in [-0.25, -0.2) is 12.8 Å². The molecule has 0 bridgehead atoms. The molecule has 1 unspecified atom stereocenters. The van der Waals surface area contributed by atoms with Gasteiger partial charge < -0.3 is 5.32 Å². The standard InChI is InChI=1S/C26H22FNO3S/c27-22-13-15-23(16-14-22)32(30,31)25(20-8-2-1-3-9-20)18-28-26(29)17-21-11-6-10-19-7-4-5-12-24(19)21/h1-16,25H,17-18H2,(H,28,29). The normalized spacial score (nSPS) is 12.4. The lowest BCUT2D eigenvalue weighted by Crippen LogP contribution is -2.33. The predicted octanol–water partition coefficient (Wildman–Crippen LogP) is 4.85. The first-order valence-corrected chi connectivity index (χ1v) is 11.8. The zero-order valence-corrected chi connectivity index (χ0v) is 18.1. The van der Waals surface area contributed by atoms with Crippen LogP contribution in [0.25, 0.3) is 10.8 Å². The second kappa shape index (κ2) is 9.32. The molecule has 4 rings (SSSR count). The summed E-state index contributed by atoms with van der Waals surface area (Å²) in [6.45, 7) is -0.0900. The average molecular weight is 448 g/mol. The molecule has 0 spiro atoms. The summed E-state index contributed by atoms with van der Waals surface area (Å²) < 4.78 is 40.0. The molecule has 0 radical (unpaired) electrons. The second-order valence-corrected chi connectivity index (χ2v) is 9.65. The number of benzene rings is 4. The average Bonchev–Trinajstić information content (AvgIpc) is 2.80. The van der Waals surface area contributed by atoms with Gasteiger partial charge in [0.05, 0.1) is 11.3 Å². The monoisotopic (exact) mass is 447 g/mol. The van der Waals surface area contributed by atoms with Crippen molar-refractivity contribution in [3.8, 4) is 0 Å². The van der Waals surface area contributed by atoms with Crippen LogP contribution in [0.1, 0.15) is 16.4 Å². The van der Waals surface area contributed by atoms with E-state index in [0.29, 0.717) is 5.56 Å². The Kier molecular flexibility index (Phi) is 6.32. The Balaban J connectivity index is 1.56. The number of carbonyl (C=O) groups is 1. The van der Waals surface area contributed by atoms with Crippen molar-refractivity contribution in [3.05, 3.63) is 114 Å². The summed E-state index contributed by atoms with van der Waals surface area (Å²) in [5.74, 6) is -0.778. The van der Waals surface area contributed by atoms with Gasteiger partial charge in [-0.05, 0) is 46.2 Å². The number of sulfone groups is 1. The Hall–Kier alpha value is -3.51. The lowest BCUT2D eigenvalue weighted by atomic mass is 10.0. The minimum absolute atomic E-state index is 0.0102. The van der Waals surface area contributed by atoms with Crippen LogP contribution in [-0.2, 0) is 21.1 Å². The third-order valence-electron chi connectivity index (χ3n) is 5.40. The molecule has 0 heterocycles. The minimum atomic E-state index is -3.86. The van der Waals surface area contributed by atoms with Crippen molar-refractivity contribution in [1.29, 1.82) is 0 Å². The van der Waals surface area contributed by atoms with Gasteiger partial charge in [-0.2, -0.15) is 0 Å². The zero-order chi connectivity index (χ0) is 22.6. The van der Waals surface area contributed by atoms with E-state index >= 15 is 0 Å². The quantitative estimate of drug-likeness (QED) is 0.412. The molecule has 1 atom stereocenters. The molecule has 0 aliphatic carbocycles. The molecule has 1 N–H and O–H groups in total. The van der Waals surface area contributed by atoms with Crippen molar-refractivity contribution >= 4 is 26.5 Å². The largest absolute Gasteiger partial charge is 0.354 e. The van der Waals surface area contributed by atoms with Crippen LogP contribution in [-0.4, -0.2) is 20.9 Å². The summed E-state index contributed by atoms with van der Waals surface area (Å²) >= 11 is 0. The van der Waals surface area contributed by atoms with E-state index in [0.717, 1.165) is 28.5 Å². The molecule has 0 saturated heterocycles. The number of amides is 1. The van der Waals surface area contributed by atoms with E-state index in [1.165, 1.54) is 12.1 Å². The molecule has 0 aliphatic heterocycles. The summed E-state index contributed by atoms with van der Waals surface area (Å²) in [4.78, 5) is 12.8. The maximum atomic E-state index is 13.3. The highest BCUT2D eigenvalue weighted by Crippen LogP contribution is 2.28. The van der Waals surface area contributed by atoms with Crippen LogP contribution in [0, 0.1) is 5.82 Å². The van der Waals surface area contributed by atoms with Crippen LogP contribution >= 0.6 is 0 Å². The van der Waals surface area contributed by atoms with Crippen molar-refractivity contribution in [3.63, 3.8) is 0 Å². The van der Waals surface area contributed by atoms with Crippen LogP contribution in [0.5, 0.6) is 0 Å². The van der Waals surface area contributed by atoms with Crippen molar-refractivity contribution in [2.45, 2.75) is 16.6 Å². The topological polar surface area (TPSA) is 63.2 Å². The Bertz CT molecular complexity index is 1330. The van der Waals surface area contributed by atoms with Crippen molar-refractivity contribution in [2.75, 3.05) is 6.54 Å². The third kappa shape index (κ3) is 4.70. The molecule has 162 valence electrons. The number of rotatable bonds is 7. The molecule has 0 saturated carbocycles.